The van der Waals surface area contributed by atoms with Gasteiger partial charge in [0.15, 0.2) is 5.13 Å². The van der Waals surface area contributed by atoms with E-state index >= 15 is 0 Å². The van der Waals surface area contributed by atoms with Gasteiger partial charge in [0.05, 0.1) is 17.9 Å². The summed E-state index contributed by atoms with van der Waals surface area (Å²) < 4.78 is 5.56. The Morgan fingerprint density at radius 3 is 2.76 bits per heavy atom. The summed E-state index contributed by atoms with van der Waals surface area (Å²) >= 11 is 1.28. The molecule has 0 bridgehead atoms. The maximum atomic E-state index is 12.2. The average Bonchev–Trinajstić information content (AvgIpc) is 2.87. The molecule has 0 fully saturated rings. The summed E-state index contributed by atoms with van der Waals surface area (Å²) in [5, 5.41) is 14.3. The summed E-state index contributed by atoms with van der Waals surface area (Å²) in [6.07, 6.45) is -0.592. The van der Waals surface area contributed by atoms with Gasteiger partial charge < -0.3 is 9.84 Å². The smallest absolute Gasteiger partial charge is 0.257 e. The molecule has 1 amide bonds. The normalized spacial score (nSPS) is 12.2. The molecule has 1 aromatic carbocycles. The van der Waals surface area contributed by atoms with Gasteiger partial charge in [0.25, 0.3) is 5.91 Å². The highest BCUT2D eigenvalue weighted by Crippen LogP contribution is 2.21. The van der Waals surface area contributed by atoms with Crippen molar-refractivity contribution in [2.24, 2.45) is 0 Å². The number of nitrogens with zero attached hydrogens (tertiary/aromatic N) is 1. The predicted molar refractivity (Wildman–Crippen MR) is 82.9 cm³/mol. The van der Waals surface area contributed by atoms with Crippen molar-refractivity contribution in [2.45, 2.75) is 33.0 Å². The van der Waals surface area contributed by atoms with Crippen LogP contribution in [0.2, 0.25) is 0 Å². The van der Waals surface area contributed by atoms with E-state index in [2.05, 4.69) is 10.3 Å². The first-order valence-electron chi connectivity index (χ1n) is 6.67. The molecular weight excluding hydrogens is 288 g/mol. The van der Waals surface area contributed by atoms with Crippen LogP contribution < -0.4 is 10.1 Å². The fourth-order valence-corrected chi connectivity index (χ4v) is 2.48. The van der Waals surface area contributed by atoms with Crippen molar-refractivity contribution in [1.29, 1.82) is 0 Å². The van der Waals surface area contributed by atoms with E-state index in [-0.39, 0.29) is 12.0 Å². The minimum Gasteiger partial charge on any atom is -0.491 e. The molecule has 5 nitrogen and oxygen atoms in total. The molecule has 0 aliphatic rings. The van der Waals surface area contributed by atoms with Gasteiger partial charge in [0.2, 0.25) is 0 Å². The first-order chi connectivity index (χ1) is 9.95. The van der Waals surface area contributed by atoms with Gasteiger partial charge in [-0.05, 0) is 39.0 Å². The van der Waals surface area contributed by atoms with Gasteiger partial charge in [-0.2, -0.15) is 0 Å². The number of benzene rings is 1. The molecule has 0 spiro atoms. The SMILES string of the molecule is CC(C)Oc1cccc(C(=O)Nc2nc(C(C)O)cs2)c1. The number of hydrogen-bond donors (Lipinski definition) is 2. The molecule has 1 unspecified atom stereocenters. The molecule has 1 aromatic heterocycles. The van der Waals surface area contributed by atoms with Crippen LogP contribution in [0.15, 0.2) is 29.6 Å². The van der Waals surface area contributed by atoms with E-state index in [0.717, 1.165) is 0 Å². The molecule has 2 aromatic rings. The van der Waals surface area contributed by atoms with E-state index < -0.39 is 6.10 Å². The summed E-state index contributed by atoms with van der Waals surface area (Å²) in [5.74, 6) is 0.400. The van der Waals surface area contributed by atoms with Crippen molar-refractivity contribution in [3.63, 3.8) is 0 Å². The minimum absolute atomic E-state index is 0.0517. The minimum atomic E-state index is -0.644. The molecule has 6 heteroatoms. The Balaban J connectivity index is 2.08. The van der Waals surface area contributed by atoms with Crippen LogP contribution in [-0.2, 0) is 0 Å². The van der Waals surface area contributed by atoms with Crippen molar-refractivity contribution in [2.75, 3.05) is 5.32 Å². The second-order valence-electron chi connectivity index (χ2n) is 4.90. The fraction of sp³-hybridized carbons (Fsp3) is 0.333. The molecule has 1 atom stereocenters. The molecule has 0 saturated carbocycles. The van der Waals surface area contributed by atoms with E-state index in [1.807, 2.05) is 19.9 Å². The average molecular weight is 306 g/mol. The predicted octanol–water partition coefficient (Wildman–Crippen LogP) is 3.24. The number of aliphatic hydroxyl groups is 1. The van der Waals surface area contributed by atoms with Crippen LogP contribution in [0.25, 0.3) is 0 Å². The number of nitrogens with one attached hydrogen (secondary N) is 1. The zero-order valence-corrected chi connectivity index (χ0v) is 13.0. The van der Waals surface area contributed by atoms with Crippen LogP contribution in [0.1, 0.15) is 42.9 Å². The summed E-state index contributed by atoms with van der Waals surface area (Å²) in [6.45, 7) is 5.49. The Kier molecular flexibility index (Phi) is 4.93. The molecule has 2 N–H and O–H groups in total. The van der Waals surface area contributed by atoms with Crippen molar-refractivity contribution in [3.8, 4) is 5.75 Å². The van der Waals surface area contributed by atoms with Gasteiger partial charge in [-0.3, -0.25) is 10.1 Å². The number of carbonyl (C=O) groups is 1. The van der Waals surface area contributed by atoms with Crippen molar-refractivity contribution >= 4 is 22.4 Å². The van der Waals surface area contributed by atoms with Crippen LogP contribution in [0.5, 0.6) is 5.75 Å². The second kappa shape index (κ2) is 6.69. The highest BCUT2D eigenvalue weighted by Gasteiger charge is 2.12. The van der Waals surface area contributed by atoms with Gasteiger partial charge in [-0.15, -0.1) is 11.3 Å². The highest BCUT2D eigenvalue weighted by molar-refractivity contribution is 7.14. The summed E-state index contributed by atoms with van der Waals surface area (Å²) in [4.78, 5) is 16.3. The lowest BCUT2D eigenvalue weighted by Crippen LogP contribution is -2.12. The number of aliphatic hydroxyl groups excluding tert-OH is 1. The number of aromatic nitrogens is 1. The number of ether oxygens (including phenoxy) is 1. The van der Waals surface area contributed by atoms with E-state index in [9.17, 15) is 9.90 Å². The third-order valence-corrected chi connectivity index (χ3v) is 3.41. The van der Waals surface area contributed by atoms with E-state index in [4.69, 9.17) is 4.74 Å². The van der Waals surface area contributed by atoms with Gasteiger partial charge in [-0.25, -0.2) is 4.98 Å². The van der Waals surface area contributed by atoms with Crippen LogP contribution in [0, 0.1) is 0 Å². The molecular formula is C15H18N2O3S. The van der Waals surface area contributed by atoms with Crippen LogP contribution >= 0.6 is 11.3 Å². The first-order valence-corrected chi connectivity index (χ1v) is 7.55. The topological polar surface area (TPSA) is 71.5 Å². The summed E-state index contributed by atoms with van der Waals surface area (Å²) in [6, 6.07) is 6.99. The second-order valence-corrected chi connectivity index (χ2v) is 5.76. The molecule has 0 aliphatic carbocycles. The van der Waals surface area contributed by atoms with Crippen LogP contribution in [0.3, 0.4) is 0 Å². The lowest BCUT2D eigenvalue weighted by atomic mass is 10.2. The summed E-state index contributed by atoms with van der Waals surface area (Å²) in [7, 11) is 0. The Bertz CT molecular complexity index is 623. The Morgan fingerprint density at radius 2 is 2.14 bits per heavy atom. The van der Waals surface area contributed by atoms with Gasteiger partial charge in [-0.1, -0.05) is 6.07 Å². The zero-order valence-electron chi connectivity index (χ0n) is 12.2. The van der Waals surface area contributed by atoms with Gasteiger partial charge in [0.1, 0.15) is 5.75 Å². The van der Waals surface area contributed by atoms with Crippen molar-refractivity contribution in [3.05, 3.63) is 40.9 Å². The number of anilines is 1. The lowest BCUT2D eigenvalue weighted by molar-refractivity contribution is 0.102. The van der Waals surface area contributed by atoms with Crippen molar-refractivity contribution < 1.29 is 14.6 Å². The number of rotatable bonds is 5. The van der Waals surface area contributed by atoms with E-state index in [0.29, 0.717) is 22.1 Å². The molecule has 2 rings (SSSR count). The maximum absolute atomic E-state index is 12.2. The van der Waals surface area contributed by atoms with E-state index in [1.54, 1.807) is 30.5 Å². The monoisotopic (exact) mass is 306 g/mol. The van der Waals surface area contributed by atoms with Crippen LogP contribution in [-0.4, -0.2) is 22.1 Å². The highest BCUT2D eigenvalue weighted by atomic mass is 32.1. The summed E-state index contributed by atoms with van der Waals surface area (Å²) in [5.41, 5.74) is 1.05. The quantitative estimate of drug-likeness (QED) is 0.889. The maximum Gasteiger partial charge on any atom is 0.257 e. The van der Waals surface area contributed by atoms with Gasteiger partial charge >= 0.3 is 0 Å². The largest absolute Gasteiger partial charge is 0.491 e. The van der Waals surface area contributed by atoms with Crippen molar-refractivity contribution in [1.82, 2.24) is 4.98 Å². The zero-order chi connectivity index (χ0) is 15.4. The number of amides is 1. The molecule has 0 saturated heterocycles. The van der Waals surface area contributed by atoms with Crippen LogP contribution in [0.4, 0.5) is 5.13 Å². The number of hydrogen-bond acceptors (Lipinski definition) is 5. The first kappa shape index (κ1) is 15.5. The molecule has 1 heterocycles. The molecule has 112 valence electrons. The standard InChI is InChI=1S/C15H18N2O3S/c1-9(2)20-12-6-4-5-11(7-12)14(19)17-15-16-13(8-21-15)10(3)18/h4-10,18H,1-3H3,(H,16,17,19). The lowest BCUT2D eigenvalue weighted by Gasteiger charge is -2.10. The Labute approximate surface area is 127 Å². The number of thiazole rings is 1. The van der Waals surface area contributed by atoms with Gasteiger partial charge in [0, 0.05) is 10.9 Å². The number of carbonyl (C=O) groups excluding carboxylic acids is 1. The molecule has 0 aliphatic heterocycles. The third-order valence-electron chi connectivity index (χ3n) is 2.64. The Morgan fingerprint density at radius 1 is 1.38 bits per heavy atom. The molecule has 21 heavy (non-hydrogen) atoms. The molecule has 0 radical (unpaired) electrons. The third kappa shape index (κ3) is 4.27. The van der Waals surface area contributed by atoms with E-state index in [1.165, 1.54) is 11.3 Å². The fourth-order valence-electron chi connectivity index (χ4n) is 1.69. The Hall–Kier alpha value is -1.92.